The zero-order valence-corrected chi connectivity index (χ0v) is 7.38. The van der Waals surface area contributed by atoms with E-state index in [0.717, 1.165) is 6.42 Å². The summed E-state index contributed by atoms with van der Waals surface area (Å²) in [5.41, 5.74) is 6.20. The van der Waals surface area contributed by atoms with Gasteiger partial charge in [0.15, 0.2) is 0 Å². The lowest BCUT2D eigenvalue weighted by Gasteiger charge is -2.01. The predicted molar refractivity (Wildman–Crippen MR) is 50.1 cm³/mol. The maximum atomic E-state index is 10.5. The Bertz CT molecular complexity index is 392. The van der Waals surface area contributed by atoms with Crippen LogP contribution in [0.15, 0.2) is 18.2 Å². The van der Waals surface area contributed by atoms with Crippen molar-refractivity contribution >= 4 is 5.69 Å². The number of non-ortho nitro benzene ring substituents is 1. The number of nitro benzene ring substituents is 1. The van der Waals surface area contributed by atoms with Gasteiger partial charge >= 0.3 is 0 Å². The van der Waals surface area contributed by atoms with Crippen LogP contribution in [0.25, 0.3) is 0 Å². The van der Waals surface area contributed by atoms with E-state index in [9.17, 15) is 15.2 Å². The average molecular weight is 194 g/mol. The molecule has 0 aromatic heterocycles. The summed E-state index contributed by atoms with van der Waals surface area (Å²) in [4.78, 5) is 10.0. The van der Waals surface area contributed by atoms with Gasteiger partial charge in [-0.2, -0.15) is 0 Å². The van der Waals surface area contributed by atoms with Crippen LogP contribution in [0, 0.1) is 10.1 Å². The van der Waals surface area contributed by atoms with Crippen molar-refractivity contribution in [3.05, 3.63) is 33.9 Å². The molecule has 0 bridgehead atoms. The highest BCUT2D eigenvalue weighted by Gasteiger charge is 2.37. The van der Waals surface area contributed by atoms with Crippen molar-refractivity contribution in [2.45, 2.75) is 18.4 Å². The number of nitro groups is 1. The quantitative estimate of drug-likeness (QED) is 0.545. The molecule has 14 heavy (non-hydrogen) atoms. The summed E-state index contributed by atoms with van der Waals surface area (Å²) in [6.07, 6.45) is 0.786. The molecule has 0 aliphatic heterocycles. The first-order chi connectivity index (χ1) is 6.59. The van der Waals surface area contributed by atoms with E-state index in [-0.39, 0.29) is 23.4 Å². The lowest BCUT2D eigenvalue weighted by molar-refractivity contribution is -0.384. The number of hydrogen-bond acceptors (Lipinski definition) is 4. The molecule has 1 aliphatic rings. The second kappa shape index (κ2) is 2.95. The number of benzene rings is 1. The van der Waals surface area contributed by atoms with Crippen molar-refractivity contribution in [3.8, 4) is 5.75 Å². The van der Waals surface area contributed by atoms with E-state index in [1.165, 1.54) is 18.2 Å². The molecule has 5 heteroatoms. The molecule has 1 aromatic carbocycles. The van der Waals surface area contributed by atoms with Gasteiger partial charge in [-0.1, -0.05) is 0 Å². The summed E-state index contributed by atoms with van der Waals surface area (Å²) >= 11 is 0. The van der Waals surface area contributed by atoms with Gasteiger partial charge in [-0.25, -0.2) is 0 Å². The molecular weight excluding hydrogens is 184 g/mol. The Kier molecular flexibility index (Phi) is 1.89. The van der Waals surface area contributed by atoms with Crippen LogP contribution in [0.1, 0.15) is 17.9 Å². The molecule has 0 amide bonds. The Labute approximate surface area is 80.3 Å². The summed E-state index contributed by atoms with van der Waals surface area (Å²) in [6.45, 7) is 0. The minimum atomic E-state index is -0.475. The molecule has 2 rings (SSSR count). The molecule has 0 radical (unpaired) electrons. The van der Waals surface area contributed by atoms with Crippen LogP contribution in [-0.2, 0) is 0 Å². The van der Waals surface area contributed by atoms with Crippen LogP contribution >= 0.6 is 0 Å². The summed E-state index contributed by atoms with van der Waals surface area (Å²) in [5.74, 6) is 0.170. The number of hydrogen-bond donors (Lipinski definition) is 2. The summed E-state index contributed by atoms with van der Waals surface area (Å²) in [7, 11) is 0. The summed E-state index contributed by atoms with van der Waals surface area (Å²) < 4.78 is 0. The number of phenolic OH excluding ortho intramolecular Hbond substituents is 1. The van der Waals surface area contributed by atoms with Gasteiger partial charge in [0.1, 0.15) is 5.75 Å². The third kappa shape index (κ3) is 1.42. The Morgan fingerprint density at radius 2 is 2.21 bits per heavy atom. The second-order valence-electron chi connectivity index (χ2n) is 3.51. The molecule has 1 saturated carbocycles. The molecule has 2 unspecified atom stereocenters. The highest BCUT2D eigenvalue weighted by atomic mass is 16.6. The van der Waals surface area contributed by atoms with Crippen LogP contribution in [0.4, 0.5) is 5.69 Å². The van der Waals surface area contributed by atoms with Gasteiger partial charge in [-0.05, 0) is 12.5 Å². The lowest BCUT2D eigenvalue weighted by atomic mass is 10.1. The monoisotopic (exact) mass is 194 g/mol. The normalized spacial score (nSPS) is 24.6. The Hall–Kier alpha value is -1.62. The van der Waals surface area contributed by atoms with Crippen LogP contribution < -0.4 is 5.73 Å². The van der Waals surface area contributed by atoms with Crippen LogP contribution in [0.3, 0.4) is 0 Å². The molecule has 0 saturated heterocycles. The standard InChI is InChI=1S/C9H10N2O3/c10-8-4-6(8)7-3-5(11(13)14)1-2-9(7)12/h1-3,6,8,12H,4,10H2. The van der Waals surface area contributed by atoms with Crippen LogP contribution in [-0.4, -0.2) is 16.1 Å². The summed E-state index contributed by atoms with van der Waals surface area (Å²) in [6, 6.07) is 4.06. The van der Waals surface area contributed by atoms with Crippen molar-refractivity contribution in [2.75, 3.05) is 0 Å². The Morgan fingerprint density at radius 1 is 1.57 bits per heavy atom. The van der Waals surface area contributed by atoms with Crippen LogP contribution in [0.5, 0.6) is 5.75 Å². The van der Waals surface area contributed by atoms with Crippen molar-refractivity contribution in [1.29, 1.82) is 0 Å². The fourth-order valence-corrected chi connectivity index (χ4v) is 1.52. The highest BCUT2D eigenvalue weighted by Crippen LogP contribution is 2.44. The zero-order valence-electron chi connectivity index (χ0n) is 7.38. The third-order valence-electron chi connectivity index (χ3n) is 2.46. The SMILES string of the molecule is NC1CC1c1cc([N+](=O)[O-])ccc1O. The van der Waals surface area contributed by atoms with E-state index in [2.05, 4.69) is 0 Å². The minimum absolute atomic E-state index is 0.00287. The lowest BCUT2D eigenvalue weighted by Crippen LogP contribution is -2.01. The third-order valence-corrected chi connectivity index (χ3v) is 2.46. The molecule has 5 nitrogen and oxygen atoms in total. The van der Waals surface area contributed by atoms with Crippen molar-refractivity contribution < 1.29 is 10.0 Å². The fraction of sp³-hybridized carbons (Fsp3) is 0.333. The molecule has 3 N–H and O–H groups in total. The number of nitrogens with zero attached hydrogens (tertiary/aromatic N) is 1. The van der Waals surface area contributed by atoms with E-state index < -0.39 is 4.92 Å². The van der Waals surface area contributed by atoms with Gasteiger partial charge in [0.2, 0.25) is 0 Å². The van der Waals surface area contributed by atoms with E-state index in [1.807, 2.05) is 0 Å². The van der Waals surface area contributed by atoms with Crippen molar-refractivity contribution in [3.63, 3.8) is 0 Å². The van der Waals surface area contributed by atoms with Gasteiger partial charge in [0.25, 0.3) is 5.69 Å². The van der Waals surface area contributed by atoms with E-state index in [0.29, 0.717) is 5.56 Å². The second-order valence-corrected chi connectivity index (χ2v) is 3.51. The molecular formula is C9H10N2O3. The van der Waals surface area contributed by atoms with E-state index >= 15 is 0 Å². The topological polar surface area (TPSA) is 89.4 Å². The average Bonchev–Trinajstić information content (AvgIpc) is 2.83. The molecule has 1 aliphatic carbocycles. The summed E-state index contributed by atoms with van der Waals surface area (Å²) in [5, 5.41) is 19.9. The number of aromatic hydroxyl groups is 1. The maximum Gasteiger partial charge on any atom is 0.269 e. The molecule has 74 valence electrons. The highest BCUT2D eigenvalue weighted by molar-refractivity contribution is 5.47. The smallest absolute Gasteiger partial charge is 0.269 e. The largest absolute Gasteiger partial charge is 0.508 e. The first-order valence-corrected chi connectivity index (χ1v) is 4.32. The first-order valence-electron chi connectivity index (χ1n) is 4.32. The number of rotatable bonds is 2. The fourth-order valence-electron chi connectivity index (χ4n) is 1.52. The van der Waals surface area contributed by atoms with Gasteiger partial charge in [-0.15, -0.1) is 0 Å². The van der Waals surface area contributed by atoms with Gasteiger partial charge in [0.05, 0.1) is 4.92 Å². The molecule has 1 aromatic rings. The molecule has 1 fully saturated rings. The van der Waals surface area contributed by atoms with E-state index in [4.69, 9.17) is 5.73 Å². The Balaban J connectivity index is 2.38. The maximum absolute atomic E-state index is 10.5. The van der Waals surface area contributed by atoms with Crippen molar-refractivity contribution in [2.24, 2.45) is 5.73 Å². The van der Waals surface area contributed by atoms with E-state index in [1.54, 1.807) is 0 Å². The zero-order chi connectivity index (χ0) is 10.3. The predicted octanol–water partition coefficient (Wildman–Crippen LogP) is 1.11. The Morgan fingerprint density at radius 3 is 2.71 bits per heavy atom. The molecule has 2 atom stereocenters. The van der Waals surface area contributed by atoms with Gasteiger partial charge in [-0.3, -0.25) is 10.1 Å². The van der Waals surface area contributed by atoms with Gasteiger partial charge in [0, 0.05) is 29.7 Å². The van der Waals surface area contributed by atoms with Crippen molar-refractivity contribution in [1.82, 2.24) is 0 Å². The molecule has 0 spiro atoms. The number of phenols is 1. The first kappa shape index (κ1) is 8.96. The van der Waals surface area contributed by atoms with Crippen LogP contribution in [0.2, 0.25) is 0 Å². The van der Waals surface area contributed by atoms with Gasteiger partial charge < -0.3 is 10.8 Å². The minimum Gasteiger partial charge on any atom is -0.508 e. The number of nitrogens with two attached hydrogens (primary N) is 1. The molecule has 0 heterocycles.